The van der Waals surface area contributed by atoms with Gasteiger partial charge in [-0.1, -0.05) is 170 Å². The van der Waals surface area contributed by atoms with E-state index >= 15 is 0 Å². The lowest BCUT2D eigenvalue weighted by atomic mass is 9.42. The van der Waals surface area contributed by atoms with Crippen molar-refractivity contribution in [1.82, 2.24) is 9.13 Å². The van der Waals surface area contributed by atoms with Gasteiger partial charge in [-0.25, -0.2) is 0 Å². The van der Waals surface area contributed by atoms with E-state index in [1.165, 1.54) is 147 Å². The Labute approximate surface area is 441 Å². The summed E-state index contributed by atoms with van der Waals surface area (Å²) in [6, 6.07) is 46.9. The van der Waals surface area contributed by atoms with Crippen LogP contribution in [0.4, 0.5) is 5.69 Å². The molecular formula is C70H76BN3. The number of rotatable bonds is 2. The van der Waals surface area contributed by atoms with E-state index < -0.39 is 0 Å². The molecule has 0 N–H and O–H groups in total. The lowest BCUT2D eigenvalue weighted by molar-refractivity contribution is 0.200. The Morgan fingerprint density at radius 2 is 1.09 bits per heavy atom. The molecule has 9 aromatic rings. The predicted octanol–water partition coefficient (Wildman–Crippen LogP) is 17.3. The number of fused-ring (bicyclic) bond motifs is 15. The first kappa shape index (κ1) is 46.5. The SMILES string of the molecule is CC(C)(C)c1ccc(-c2cc3c4c(c2)c2cc5c(cc2n4-c2cc(C(C)(C)C)cc4c2B3N2c3c-4cc4c6cc(C(C)(C)C)ccc6n(-c6ccccc6)c4c3C3(C)CCCCC23C)C(C)(C)CCC5(C)C)cc1. The van der Waals surface area contributed by atoms with E-state index in [4.69, 9.17) is 0 Å². The molecule has 1 saturated carbocycles. The first-order valence-electron chi connectivity index (χ1n) is 28.3. The van der Waals surface area contributed by atoms with Crippen molar-refractivity contribution in [2.24, 2.45) is 0 Å². The van der Waals surface area contributed by atoms with Gasteiger partial charge in [0.1, 0.15) is 0 Å². The van der Waals surface area contributed by atoms with E-state index in [9.17, 15) is 0 Å². The first-order chi connectivity index (χ1) is 34.8. The van der Waals surface area contributed by atoms with Crippen LogP contribution in [0, 0.1) is 0 Å². The number of para-hydroxylation sites is 1. The molecule has 5 heterocycles. The zero-order valence-corrected chi connectivity index (χ0v) is 47.1. The summed E-state index contributed by atoms with van der Waals surface area (Å²) in [4.78, 5) is 3.08. The smallest absolute Gasteiger partial charge is 0.328 e. The summed E-state index contributed by atoms with van der Waals surface area (Å²) in [6.45, 7) is 36.8. The molecule has 7 aromatic carbocycles. The molecule has 0 bridgehead atoms. The average Bonchev–Trinajstić information content (AvgIpc) is 3.93. The molecule has 4 heteroatoms. The number of aromatic nitrogens is 2. The first-order valence-corrected chi connectivity index (χ1v) is 28.3. The Morgan fingerprint density at radius 3 is 1.77 bits per heavy atom. The summed E-state index contributed by atoms with van der Waals surface area (Å²) < 4.78 is 5.46. The van der Waals surface area contributed by atoms with Gasteiger partial charge in [0.15, 0.2) is 0 Å². The maximum absolute atomic E-state index is 3.08. The van der Waals surface area contributed by atoms with Crippen LogP contribution in [0.3, 0.4) is 0 Å². The van der Waals surface area contributed by atoms with Crippen LogP contribution in [0.1, 0.15) is 176 Å². The van der Waals surface area contributed by atoms with Crippen molar-refractivity contribution in [3.63, 3.8) is 0 Å². The molecule has 5 aliphatic rings. The Morgan fingerprint density at radius 1 is 0.473 bits per heavy atom. The average molecular weight is 970 g/mol. The molecule has 2 unspecified atom stereocenters. The van der Waals surface area contributed by atoms with Crippen molar-refractivity contribution in [3.05, 3.63) is 149 Å². The second-order valence-corrected chi connectivity index (χ2v) is 28.8. The van der Waals surface area contributed by atoms with Crippen molar-refractivity contribution < 1.29 is 0 Å². The number of nitrogens with zero attached hydrogens (tertiary/aromatic N) is 3. The minimum absolute atomic E-state index is 0.00830. The van der Waals surface area contributed by atoms with E-state index in [-0.39, 0.29) is 44.9 Å². The monoisotopic (exact) mass is 970 g/mol. The highest BCUT2D eigenvalue weighted by atomic mass is 15.2. The molecule has 374 valence electrons. The summed E-state index contributed by atoms with van der Waals surface area (Å²) >= 11 is 0. The van der Waals surface area contributed by atoms with E-state index in [0.717, 1.165) is 12.8 Å². The molecule has 3 nitrogen and oxygen atoms in total. The van der Waals surface area contributed by atoms with Crippen molar-refractivity contribution in [3.8, 4) is 33.6 Å². The number of anilines is 1. The standard InChI is InChI=1S/C70H76BN3/c1-64(2,3)43-25-23-41(24-26-43)42-33-50-48-39-53-54(68(12,13)32-31-67(53,10)11)40-57(48)73-58-37-45(66(7,8)9)36-49-52-38-51-47-35-44(65(4,5)6)27-28-56(47)72(46-21-17-16-18-22-46)62(51)59-63(52)74(70(15)30-20-19-29-69(59,70)14)71(60(49)58)55(34-42)61(50)73/h16-18,21-28,33-40H,19-20,29-32H2,1-15H3. The van der Waals surface area contributed by atoms with Crippen molar-refractivity contribution in [1.29, 1.82) is 0 Å². The Kier molecular flexibility index (Phi) is 9.10. The third-order valence-electron chi connectivity index (χ3n) is 20.3. The second-order valence-electron chi connectivity index (χ2n) is 28.8. The molecule has 2 atom stereocenters. The number of hydrogen-bond donors (Lipinski definition) is 0. The predicted molar refractivity (Wildman–Crippen MR) is 319 cm³/mol. The van der Waals surface area contributed by atoms with E-state index in [0.29, 0.717) is 0 Å². The van der Waals surface area contributed by atoms with Crippen LogP contribution in [0.5, 0.6) is 0 Å². The normalized spacial score (nSPS) is 21.4. The van der Waals surface area contributed by atoms with Gasteiger partial charge in [-0.15, -0.1) is 0 Å². The van der Waals surface area contributed by atoms with Crippen LogP contribution in [0.2, 0.25) is 0 Å². The van der Waals surface area contributed by atoms with Crippen LogP contribution in [0.15, 0.2) is 115 Å². The minimum atomic E-state index is -0.161. The van der Waals surface area contributed by atoms with Crippen LogP contribution < -0.4 is 15.7 Å². The number of hydrogen-bond acceptors (Lipinski definition) is 1. The van der Waals surface area contributed by atoms with Crippen molar-refractivity contribution >= 4 is 67.1 Å². The highest BCUT2D eigenvalue weighted by molar-refractivity contribution is 6.93. The van der Waals surface area contributed by atoms with Gasteiger partial charge in [0.25, 0.3) is 0 Å². The number of benzene rings is 7. The fourth-order valence-electron chi connectivity index (χ4n) is 15.6. The maximum atomic E-state index is 3.08. The van der Waals surface area contributed by atoms with Gasteiger partial charge in [0, 0.05) is 60.7 Å². The van der Waals surface area contributed by atoms with Gasteiger partial charge in [0.05, 0.1) is 22.1 Å². The fourth-order valence-corrected chi connectivity index (χ4v) is 15.6. The van der Waals surface area contributed by atoms with Gasteiger partial charge in [0.2, 0.25) is 0 Å². The lowest BCUT2D eigenvalue weighted by Crippen LogP contribution is -2.70. The quantitative estimate of drug-likeness (QED) is 0.157. The Hall–Kier alpha value is -6.00. The van der Waals surface area contributed by atoms with Crippen LogP contribution in [0.25, 0.3) is 77.2 Å². The van der Waals surface area contributed by atoms with Crippen LogP contribution in [-0.4, -0.2) is 21.5 Å². The van der Waals surface area contributed by atoms with Gasteiger partial charge >= 0.3 is 6.85 Å². The molecular weight excluding hydrogens is 894 g/mol. The third-order valence-corrected chi connectivity index (χ3v) is 20.3. The van der Waals surface area contributed by atoms with Gasteiger partial charge in [-0.2, -0.15) is 0 Å². The lowest BCUT2D eigenvalue weighted by Gasteiger charge is -2.54. The van der Waals surface area contributed by atoms with Crippen molar-refractivity contribution in [2.45, 2.75) is 180 Å². The molecule has 74 heavy (non-hydrogen) atoms. The summed E-state index contributed by atoms with van der Waals surface area (Å²) in [5.41, 5.74) is 26.6. The molecule has 2 aliphatic carbocycles. The minimum Gasteiger partial charge on any atom is -0.400 e. The van der Waals surface area contributed by atoms with Gasteiger partial charge in [-0.3, -0.25) is 0 Å². The van der Waals surface area contributed by atoms with E-state index in [2.05, 4.69) is 233 Å². The largest absolute Gasteiger partial charge is 0.400 e. The molecule has 14 rings (SSSR count). The zero-order valence-electron chi connectivity index (χ0n) is 47.1. The molecule has 3 aliphatic heterocycles. The summed E-state index contributed by atoms with van der Waals surface area (Å²) in [5, 5.41) is 5.53. The summed E-state index contributed by atoms with van der Waals surface area (Å²) in [6.07, 6.45) is 7.15. The third kappa shape index (κ3) is 5.98. The van der Waals surface area contributed by atoms with Crippen LogP contribution in [-0.2, 0) is 32.5 Å². The molecule has 0 amide bonds. The topological polar surface area (TPSA) is 13.1 Å². The molecule has 0 radical (unpaired) electrons. The zero-order chi connectivity index (χ0) is 51.8. The van der Waals surface area contributed by atoms with E-state index in [1.807, 2.05) is 0 Å². The maximum Gasteiger partial charge on any atom is 0.328 e. The molecule has 1 fully saturated rings. The van der Waals surface area contributed by atoms with E-state index in [1.54, 1.807) is 5.56 Å². The fraction of sp³-hybridized carbons (Fsp3) is 0.400. The Balaban J connectivity index is 1.19. The molecule has 0 spiro atoms. The highest BCUT2D eigenvalue weighted by Gasteiger charge is 2.64. The van der Waals surface area contributed by atoms with Crippen LogP contribution >= 0.6 is 0 Å². The van der Waals surface area contributed by atoms with Gasteiger partial charge in [-0.05, 0) is 170 Å². The summed E-state index contributed by atoms with van der Waals surface area (Å²) in [5.74, 6) is 0. The highest BCUT2D eigenvalue weighted by Crippen LogP contribution is 2.65. The Bertz CT molecular complexity index is 3930. The molecule has 2 aromatic heterocycles. The molecule has 0 saturated heterocycles. The van der Waals surface area contributed by atoms with Crippen molar-refractivity contribution in [2.75, 3.05) is 4.81 Å². The second kappa shape index (κ2) is 14.5. The van der Waals surface area contributed by atoms with Gasteiger partial charge < -0.3 is 13.9 Å². The summed E-state index contributed by atoms with van der Waals surface area (Å²) in [7, 11) is 0.